The molecule has 6 nitrogen and oxygen atoms in total. The fourth-order valence-electron chi connectivity index (χ4n) is 2.58. The molecular weight excluding hydrogens is 328 g/mol. The van der Waals surface area contributed by atoms with Crippen molar-refractivity contribution < 1.29 is 9.59 Å². The number of hydrogen-bond acceptors (Lipinski definition) is 4. The van der Waals surface area contributed by atoms with Crippen molar-refractivity contribution >= 4 is 17.5 Å². The second-order valence-corrected chi connectivity index (χ2v) is 6.56. The van der Waals surface area contributed by atoms with E-state index >= 15 is 0 Å². The minimum absolute atomic E-state index is 0.202. The number of aryl methyl sites for hydroxylation is 2. The molecular formula is C20H26N4O2. The second-order valence-electron chi connectivity index (χ2n) is 6.56. The number of amides is 2. The molecule has 1 aromatic heterocycles. The van der Waals surface area contributed by atoms with E-state index in [-0.39, 0.29) is 17.5 Å². The van der Waals surface area contributed by atoms with Crippen LogP contribution in [0.5, 0.6) is 0 Å². The first-order chi connectivity index (χ1) is 12.4. The van der Waals surface area contributed by atoms with Crippen molar-refractivity contribution in [2.75, 3.05) is 32.5 Å². The molecule has 0 saturated carbocycles. The molecule has 2 N–H and O–H groups in total. The summed E-state index contributed by atoms with van der Waals surface area (Å²) in [6.07, 6.45) is 2.35. The summed E-state index contributed by atoms with van der Waals surface area (Å²) in [4.78, 5) is 30.9. The van der Waals surface area contributed by atoms with Crippen LogP contribution in [0.25, 0.3) is 0 Å². The summed E-state index contributed by atoms with van der Waals surface area (Å²) >= 11 is 0. The summed E-state index contributed by atoms with van der Waals surface area (Å²) in [7, 11) is 3.98. The number of para-hydroxylation sites is 1. The van der Waals surface area contributed by atoms with E-state index in [9.17, 15) is 9.59 Å². The van der Waals surface area contributed by atoms with Gasteiger partial charge in [-0.25, -0.2) is 0 Å². The normalized spacial score (nSPS) is 10.7. The van der Waals surface area contributed by atoms with E-state index in [1.807, 2.05) is 46.1 Å². The van der Waals surface area contributed by atoms with E-state index in [4.69, 9.17) is 0 Å². The summed E-state index contributed by atoms with van der Waals surface area (Å²) in [5.74, 6) is -0.531. The Morgan fingerprint density at radius 3 is 2.42 bits per heavy atom. The molecule has 0 unspecified atom stereocenters. The average Bonchev–Trinajstić information content (AvgIpc) is 2.61. The predicted octanol–water partition coefficient (Wildman–Crippen LogP) is 2.63. The molecule has 6 heteroatoms. The van der Waals surface area contributed by atoms with Gasteiger partial charge in [-0.3, -0.25) is 14.6 Å². The van der Waals surface area contributed by atoms with Crippen LogP contribution in [-0.4, -0.2) is 48.9 Å². The maximum Gasteiger partial charge on any atom is 0.274 e. The number of anilines is 1. The lowest BCUT2D eigenvalue weighted by molar-refractivity contribution is 0.0952. The lowest BCUT2D eigenvalue weighted by Gasteiger charge is -2.12. The van der Waals surface area contributed by atoms with E-state index in [2.05, 4.69) is 20.5 Å². The molecule has 1 aromatic carbocycles. The summed E-state index contributed by atoms with van der Waals surface area (Å²) in [5, 5.41) is 5.75. The number of nitrogens with zero attached hydrogens (tertiary/aromatic N) is 2. The number of benzene rings is 1. The third-order valence-corrected chi connectivity index (χ3v) is 4.04. The van der Waals surface area contributed by atoms with Crippen molar-refractivity contribution in [3.63, 3.8) is 0 Å². The van der Waals surface area contributed by atoms with Gasteiger partial charge in [0.2, 0.25) is 0 Å². The molecule has 138 valence electrons. The Hall–Kier alpha value is -2.73. The number of rotatable bonds is 7. The SMILES string of the molecule is Cc1cccc(C)c1NC(=O)c1cc(C(=O)NCCCN(C)C)ccn1. The van der Waals surface area contributed by atoms with Crippen LogP contribution in [0.4, 0.5) is 5.69 Å². The summed E-state index contributed by atoms with van der Waals surface area (Å²) in [6.45, 7) is 5.37. The van der Waals surface area contributed by atoms with E-state index in [1.165, 1.54) is 12.3 Å². The lowest BCUT2D eigenvalue weighted by Crippen LogP contribution is -2.27. The van der Waals surface area contributed by atoms with Crippen LogP contribution < -0.4 is 10.6 Å². The van der Waals surface area contributed by atoms with Gasteiger partial charge in [-0.15, -0.1) is 0 Å². The minimum Gasteiger partial charge on any atom is -0.352 e. The summed E-state index contributed by atoms with van der Waals surface area (Å²) in [6, 6.07) is 8.95. The highest BCUT2D eigenvalue weighted by Gasteiger charge is 2.13. The van der Waals surface area contributed by atoms with Gasteiger partial charge >= 0.3 is 0 Å². The Labute approximate surface area is 154 Å². The maximum atomic E-state index is 12.5. The smallest absolute Gasteiger partial charge is 0.274 e. The first-order valence-electron chi connectivity index (χ1n) is 8.65. The highest BCUT2D eigenvalue weighted by atomic mass is 16.2. The van der Waals surface area contributed by atoms with Crippen molar-refractivity contribution in [3.05, 3.63) is 58.9 Å². The third kappa shape index (κ3) is 5.39. The number of carbonyl (C=O) groups is 2. The quantitative estimate of drug-likeness (QED) is 0.750. The van der Waals surface area contributed by atoms with Crippen LogP contribution >= 0.6 is 0 Å². The topological polar surface area (TPSA) is 74.3 Å². The van der Waals surface area contributed by atoms with Crippen LogP contribution in [0.3, 0.4) is 0 Å². The zero-order valence-corrected chi connectivity index (χ0v) is 15.8. The number of nitrogens with one attached hydrogen (secondary N) is 2. The van der Waals surface area contributed by atoms with Crippen LogP contribution in [0.1, 0.15) is 38.4 Å². The standard InChI is InChI=1S/C20H26N4O2/c1-14-7-5-8-15(2)18(14)23-20(26)17-13-16(9-11-21-17)19(25)22-10-6-12-24(3)4/h5,7-9,11,13H,6,10,12H2,1-4H3,(H,22,25)(H,23,26). The molecule has 2 rings (SSSR count). The molecule has 0 saturated heterocycles. The number of aromatic nitrogens is 1. The fraction of sp³-hybridized carbons (Fsp3) is 0.350. The van der Waals surface area contributed by atoms with Gasteiger partial charge in [-0.05, 0) is 64.2 Å². The van der Waals surface area contributed by atoms with E-state index in [0.717, 1.165) is 29.8 Å². The number of hydrogen-bond donors (Lipinski definition) is 2. The summed E-state index contributed by atoms with van der Waals surface area (Å²) < 4.78 is 0. The second kappa shape index (κ2) is 9.10. The van der Waals surface area contributed by atoms with Gasteiger partial charge in [-0.1, -0.05) is 18.2 Å². The fourth-order valence-corrected chi connectivity index (χ4v) is 2.58. The zero-order chi connectivity index (χ0) is 19.1. The van der Waals surface area contributed by atoms with Crippen LogP contribution in [0.2, 0.25) is 0 Å². The zero-order valence-electron chi connectivity index (χ0n) is 15.8. The molecule has 0 bridgehead atoms. The van der Waals surface area contributed by atoms with Crippen molar-refractivity contribution in [3.8, 4) is 0 Å². The highest BCUT2D eigenvalue weighted by Crippen LogP contribution is 2.20. The lowest BCUT2D eigenvalue weighted by atomic mass is 10.1. The number of carbonyl (C=O) groups excluding carboxylic acids is 2. The Morgan fingerprint density at radius 1 is 1.08 bits per heavy atom. The molecule has 0 aliphatic carbocycles. The van der Waals surface area contributed by atoms with Crippen molar-refractivity contribution in [2.24, 2.45) is 0 Å². The summed E-state index contributed by atoms with van der Waals surface area (Å²) in [5.41, 5.74) is 3.38. The monoisotopic (exact) mass is 354 g/mol. The minimum atomic E-state index is -0.329. The Bertz CT molecular complexity index is 767. The predicted molar refractivity (Wildman–Crippen MR) is 104 cm³/mol. The average molecular weight is 354 g/mol. The van der Waals surface area contributed by atoms with Crippen LogP contribution in [-0.2, 0) is 0 Å². The van der Waals surface area contributed by atoms with Gasteiger partial charge in [0.25, 0.3) is 11.8 Å². The third-order valence-electron chi connectivity index (χ3n) is 4.04. The molecule has 0 atom stereocenters. The molecule has 2 aromatic rings. The van der Waals surface area contributed by atoms with E-state index in [0.29, 0.717) is 12.1 Å². The van der Waals surface area contributed by atoms with Crippen molar-refractivity contribution in [2.45, 2.75) is 20.3 Å². The molecule has 0 radical (unpaired) electrons. The van der Waals surface area contributed by atoms with Crippen LogP contribution in [0, 0.1) is 13.8 Å². The van der Waals surface area contributed by atoms with Crippen molar-refractivity contribution in [1.82, 2.24) is 15.2 Å². The van der Waals surface area contributed by atoms with Crippen molar-refractivity contribution in [1.29, 1.82) is 0 Å². The van der Waals surface area contributed by atoms with E-state index < -0.39 is 0 Å². The van der Waals surface area contributed by atoms with Crippen LogP contribution in [0.15, 0.2) is 36.5 Å². The molecule has 0 fully saturated rings. The maximum absolute atomic E-state index is 12.5. The van der Waals surface area contributed by atoms with Gasteiger partial charge in [0.15, 0.2) is 0 Å². The molecule has 0 aliphatic rings. The van der Waals surface area contributed by atoms with E-state index in [1.54, 1.807) is 6.07 Å². The molecule has 26 heavy (non-hydrogen) atoms. The Kier molecular flexibility index (Phi) is 6.86. The molecule has 1 heterocycles. The largest absolute Gasteiger partial charge is 0.352 e. The van der Waals surface area contributed by atoms with Gasteiger partial charge in [0, 0.05) is 24.0 Å². The molecule has 2 amide bonds. The Balaban J connectivity index is 2.03. The van der Waals surface area contributed by atoms with Gasteiger partial charge in [0.1, 0.15) is 5.69 Å². The first-order valence-corrected chi connectivity index (χ1v) is 8.65. The van der Waals surface area contributed by atoms with Gasteiger partial charge in [-0.2, -0.15) is 0 Å². The van der Waals surface area contributed by atoms with Gasteiger partial charge in [0.05, 0.1) is 0 Å². The molecule has 0 aliphatic heterocycles. The molecule has 0 spiro atoms. The first kappa shape index (κ1) is 19.6. The van der Waals surface area contributed by atoms with Gasteiger partial charge < -0.3 is 15.5 Å². The highest BCUT2D eigenvalue weighted by molar-refractivity contribution is 6.05. The number of pyridine rings is 1. The Morgan fingerprint density at radius 2 is 1.77 bits per heavy atom.